The van der Waals surface area contributed by atoms with Crippen LogP contribution in [0, 0.1) is 6.92 Å². The molecule has 3 aromatic rings. The molecule has 0 aliphatic heterocycles. The van der Waals surface area contributed by atoms with Gasteiger partial charge in [0, 0.05) is 12.2 Å². The molecule has 3 rings (SSSR count). The number of para-hydroxylation sites is 1. The average Bonchev–Trinajstić information content (AvgIpc) is 2.61. The molecule has 0 saturated heterocycles. The van der Waals surface area contributed by atoms with E-state index in [4.69, 9.17) is 0 Å². The van der Waals surface area contributed by atoms with E-state index in [0.29, 0.717) is 18.3 Å². The van der Waals surface area contributed by atoms with Crippen LogP contribution in [0.2, 0.25) is 0 Å². The summed E-state index contributed by atoms with van der Waals surface area (Å²) in [5.41, 5.74) is 4.71. The van der Waals surface area contributed by atoms with Gasteiger partial charge in [0.25, 0.3) is 0 Å². The monoisotopic (exact) mass is 319 g/mol. The normalized spacial score (nSPS) is 10.4. The van der Waals surface area contributed by atoms with Crippen molar-refractivity contribution in [2.24, 2.45) is 0 Å². The van der Waals surface area contributed by atoms with Gasteiger partial charge in [0.1, 0.15) is 0 Å². The van der Waals surface area contributed by atoms with Crippen molar-refractivity contribution >= 4 is 17.5 Å². The topological polar surface area (TPSA) is 62.7 Å². The second-order valence-corrected chi connectivity index (χ2v) is 5.64. The standard InChI is InChI=1S/C19H21N5/c1-3-16-9-4-5-10-17(16)22-18-13-21-24-19(23-18)20-12-15-8-6-7-14(2)11-15/h4-11,13H,3,12H2,1-2H3,(H2,20,22,23,24). The highest BCUT2D eigenvalue weighted by molar-refractivity contribution is 5.60. The molecule has 2 N–H and O–H groups in total. The van der Waals surface area contributed by atoms with Crippen LogP contribution in [0.5, 0.6) is 0 Å². The molecule has 5 heteroatoms. The van der Waals surface area contributed by atoms with E-state index in [1.165, 1.54) is 16.7 Å². The fourth-order valence-corrected chi connectivity index (χ4v) is 2.53. The number of aryl methyl sites for hydroxylation is 2. The molecular formula is C19H21N5. The van der Waals surface area contributed by atoms with Crippen LogP contribution in [0.4, 0.5) is 17.5 Å². The van der Waals surface area contributed by atoms with Gasteiger partial charge < -0.3 is 10.6 Å². The minimum absolute atomic E-state index is 0.510. The highest BCUT2D eigenvalue weighted by Gasteiger charge is 2.04. The smallest absolute Gasteiger partial charge is 0.244 e. The Kier molecular flexibility index (Phi) is 5.01. The molecular weight excluding hydrogens is 298 g/mol. The zero-order valence-corrected chi connectivity index (χ0v) is 14.0. The van der Waals surface area contributed by atoms with Crippen LogP contribution in [-0.4, -0.2) is 15.2 Å². The summed E-state index contributed by atoms with van der Waals surface area (Å²) < 4.78 is 0. The summed E-state index contributed by atoms with van der Waals surface area (Å²) in [5, 5.41) is 14.6. The Balaban J connectivity index is 1.70. The first-order valence-electron chi connectivity index (χ1n) is 8.08. The molecule has 0 saturated carbocycles. The van der Waals surface area contributed by atoms with Gasteiger partial charge >= 0.3 is 0 Å². The number of benzene rings is 2. The van der Waals surface area contributed by atoms with Gasteiger partial charge in [-0.25, -0.2) is 0 Å². The Hall–Kier alpha value is -2.95. The molecule has 122 valence electrons. The Bertz CT molecular complexity index is 816. The highest BCUT2D eigenvalue weighted by Crippen LogP contribution is 2.20. The third-order valence-corrected chi connectivity index (χ3v) is 3.75. The van der Waals surface area contributed by atoms with Gasteiger partial charge in [0.2, 0.25) is 5.95 Å². The molecule has 0 spiro atoms. The van der Waals surface area contributed by atoms with E-state index in [1.54, 1.807) is 6.20 Å². The van der Waals surface area contributed by atoms with Crippen molar-refractivity contribution < 1.29 is 0 Å². The van der Waals surface area contributed by atoms with Gasteiger partial charge in [-0.2, -0.15) is 10.1 Å². The van der Waals surface area contributed by atoms with E-state index in [9.17, 15) is 0 Å². The van der Waals surface area contributed by atoms with E-state index in [1.807, 2.05) is 24.3 Å². The van der Waals surface area contributed by atoms with Crippen LogP contribution in [0.25, 0.3) is 0 Å². The quantitative estimate of drug-likeness (QED) is 0.716. The summed E-state index contributed by atoms with van der Waals surface area (Å²) in [6, 6.07) is 16.5. The molecule has 0 aliphatic rings. The molecule has 5 nitrogen and oxygen atoms in total. The van der Waals surface area contributed by atoms with Gasteiger partial charge in [-0.1, -0.05) is 55.0 Å². The van der Waals surface area contributed by atoms with Crippen LogP contribution in [0.15, 0.2) is 54.7 Å². The van der Waals surface area contributed by atoms with Crippen molar-refractivity contribution in [1.29, 1.82) is 0 Å². The minimum Gasteiger partial charge on any atom is -0.349 e. The first kappa shape index (κ1) is 15.9. The third-order valence-electron chi connectivity index (χ3n) is 3.75. The summed E-state index contributed by atoms with van der Waals surface area (Å²) in [5.74, 6) is 1.19. The fraction of sp³-hybridized carbons (Fsp3) is 0.211. The van der Waals surface area contributed by atoms with Gasteiger partial charge in [0.15, 0.2) is 5.82 Å². The lowest BCUT2D eigenvalue weighted by atomic mass is 10.1. The van der Waals surface area contributed by atoms with Crippen molar-refractivity contribution in [1.82, 2.24) is 15.2 Å². The number of hydrogen-bond donors (Lipinski definition) is 2. The lowest BCUT2D eigenvalue weighted by molar-refractivity contribution is 0.948. The molecule has 0 radical (unpaired) electrons. The van der Waals surface area contributed by atoms with Crippen molar-refractivity contribution in [2.45, 2.75) is 26.8 Å². The number of hydrogen-bond acceptors (Lipinski definition) is 5. The van der Waals surface area contributed by atoms with Crippen LogP contribution < -0.4 is 10.6 Å². The zero-order valence-electron chi connectivity index (χ0n) is 14.0. The fourth-order valence-electron chi connectivity index (χ4n) is 2.53. The maximum Gasteiger partial charge on any atom is 0.244 e. The molecule has 2 aromatic carbocycles. The summed E-state index contributed by atoms with van der Waals surface area (Å²) in [4.78, 5) is 4.49. The van der Waals surface area contributed by atoms with E-state index < -0.39 is 0 Å². The molecule has 0 bridgehead atoms. The predicted octanol–water partition coefficient (Wildman–Crippen LogP) is 4.10. The van der Waals surface area contributed by atoms with Crippen molar-refractivity contribution in [3.63, 3.8) is 0 Å². The van der Waals surface area contributed by atoms with E-state index in [-0.39, 0.29) is 0 Å². The molecule has 0 fully saturated rings. The van der Waals surface area contributed by atoms with Crippen LogP contribution in [0.3, 0.4) is 0 Å². The van der Waals surface area contributed by atoms with Gasteiger partial charge in [-0.05, 0) is 30.5 Å². The lowest BCUT2D eigenvalue weighted by Gasteiger charge is -2.11. The second kappa shape index (κ2) is 7.55. The highest BCUT2D eigenvalue weighted by atomic mass is 15.3. The van der Waals surface area contributed by atoms with Crippen LogP contribution >= 0.6 is 0 Å². The Morgan fingerprint density at radius 3 is 2.75 bits per heavy atom. The molecule has 1 heterocycles. The van der Waals surface area contributed by atoms with E-state index in [2.05, 4.69) is 63.9 Å². The Labute approximate surface area is 142 Å². The Morgan fingerprint density at radius 1 is 1.04 bits per heavy atom. The van der Waals surface area contributed by atoms with Gasteiger partial charge in [-0.3, -0.25) is 0 Å². The first-order chi connectivity index (χ1) is 11.7. The molecule has 0 atom stereocenters. The molecule has 24 heavy (non-hydrogen) atoms. The maximum atomic E-state index is 4.49. The number of rotatable bonds is 6. The number of nitrogens with one attached hydrogen (secondary N) is 2. The second-order valence-electron chi connectivity index (χ2n) is 5.64. The van der Waals surface area contributed by atoms with Crippen molar-refractivity contribution in [2.75, 3.05) is 10.6 Å². The van der Waals surface area contributed by atoms with E-state index >= 15 is 0 Å². The Morgan fingerprint density at radius 2 is 1.92 bits per heavy atom. The van der Waals surface area contributed by atoms with Crippen LogP contribution in [-0.2, 0) is 13.0 Å². The lowest BCUT2D eigenvalue weighted by Crippen LogP contribution is -2.07. The largest absolute Gasteiger partial charge is 0.349 e. The number of anilines is 3. The van der Waals surface area contributed by atoms with Gasteiger partial charge in [-0.15, -0.1) is 5.10 Å². The average molecular weight is 319 g/mol. The summed E-state index contributed by atoms with van der Waals surface area (Å²) in [7, 11) is 0. The maximum absolute atomic E-state index is 4.49. The third kappa shape index (κ3) is 4.07. The number of aromatic nitrogens is 3. The summed E-state index contributed by atoms with van der Waals surface area (Å²) in [6.07, 6.45) is 2.59. The summed E-state index contributed by atoms with van der Waals surface area (Å²) in [6.45, 7) is 4.88. The minimum atomic E-state index is 0.510. The number of nitrogens with zero attached hydrogens (tertiary/aromatic N) is 3. The summed E-state index contributed by atoms with van der Waals surface area (Å²) >= 11 is 0. The SMILES string of the molecule is CCc1ccccc1Nc1cnnc(NCc2cccc(C)c2)n1. The molecule has 1 aromatic heterocycles. The predicted molar refractivity (Wildman–Crippen MR) is 97.4 cm³/mol. The van der Waals surface area contributed by atoms with Gasteiger partial charge in [0.05, 0.1) is 6.20 Å². The van der Waals surface area contributed by atoms with Crippen molar-refractivity contribution in [3.05, 3.63) is 71.4 Å². The molecule has 0 unspecified atom stereocenters. The van der Waals surface area contributed by atoms with Crippen molar-refractivity contribution in [3.8, 4) is 0 Å². The first-order valence-corrected chi connectivity index (χ1v) is 8.08. The van der Waals surface area contributed by atoms with E-state index in [0.717, 1.165) is 12.1 Å². The zero-order chi connectivity index (χ0) is 16.8. The van der Waals surface area contributed by atoms with Crippen LogP contribution in [0.1, 0.15) is 23.6 Å². The molecule has 0 aliphatic carbocycles. The molecule has 0 amide bonds.